The minimum atomic E-state index is -1.92. The van der Waals surface area contributed by atoms with Crippen molar-refractivity contribution in [1.82, 2.24) is 10.6 Å². The van der Waals surface area contributed by atoms with Crippen molar-refractivity contribution in [1.29, 1.82) is 0 Å². The van der Waals surface area contributed by atoms with Crippen molar-refractivity contribution in [2.75, 3.05) is 13.1 Å². The predicted octanol–water partition coefficient (Wildman–Crippen LogP) is -2.33. The fourth-order valence-corrected chi connectivity index (χ4v) is 1.04. The monoisotopic (exact) mass is 258 g/mol. The van der Waals surface area contributed by atoms with Gasteiger partial charge in [0.15, 0.2) is 12.2 Å². The summed E-state index contributed by atoms with van der Waals surface area (Å²) in [6.45, 7) is 6.90. The summed E-state index contributed by atoms with van der Waals surface area (Å²) in [4.78, 5) is 22.5. The van der Waals surface area contributed by atoms with Crippen molar-refractivity contribution < 1.29 is 24.9 Å². The van der Waals surface area contributed by atoms with Gasteiger partial charge in [-0.05, 0) is 0 Å². The third kappa shape index (κ3) is 5.09. The van der Waals surface area contributed by atoms with Crippen molar-refractivity contribution in [3.05, 3.63) is 25.3 Å². The number of hydrogen-bond donors (Lipinski definition) is 5. The van der Waals surface area contributed by atoms with Gasteiger partial charge in [0, 0.05) is 13.1 Å². The standard InChI is InChI=1S/C11H18N2O5/c1-3-5-12-10(17)8(15)7(14)9(16)11(18)13-6-4-2/h3-4,7-9,14-16H,1-2,5-6H2,(H,12,17)(H,13,18)/t8-,9-/m0/s1. The topological polar surface area (TPSA) is 119 Å². The van der Waals surface area contributed by atoms with Crippen LogP contribution in [0.2, 0.25) is 0 Å². The van der Waals surface area contributed by atoms with Crippen molar-refractivity contribution >= 4 is 11.8 Å². The van der Waals surface area contributed by atoms with E-state index in [2.05, 4.69) is 23.8 Å². The maximum absolute atomic E-state index is 11.3. The van der Waals surface area contributed by atoms with Gasteiger partial charge >= 0.3 is 0 Å². The highest BCUT2D eigenvalue weighted by Gasteiger charge is 2.33. The molecule has 0 radical (unpaired) electrons. The summed E-state index contributed by atoms with van der Waals surface area (Å²) in [5, 5.41) is 32.7. The van der Waals surface area contributed by atoms with E-state index in [0.29, 0.717) is 0 Å². The van der Waals surface area contributed by atoms with Crippen LogP contribution in [0.3, 0.4) is 0 Å². The van der Waals surface area contributed by atoms with Crippen LogP contribution in [0.25, 0.3) is 0 Å². The van der Waals surface area contributed by atoms with Crippen LogP contribution in [0.5, 0.6) is 0 Å². The number of aliphatic hydroxyl groups is 3. The maximum Gasteiger partial charge on any atom is 0.251 e. The van der Waals surface area contributed by atoms with E-state index in [1.54, 1.807) is 0 Å². The summed E-state index contributed by atoms with van der Waals surface area (Å²) >= 11 is 0. The lowest BCUT2D eigenvalue weighted by molar-refractivity contribution is -0.148. The molecule has 0 rings (SSSR count). The van der Waals surface area contributed by atoms with Crippen molar-refractivity contribution in [3.8, 4) is 0 Å². The second-order valence-corrected chi connectivity index (χ2v) is 3.45. The molecule has 0 heterocycles. The lowest BCUT2D eigenvalue weighted by atomic mass is 10.1. The molecular formula is C11H18N2O5. The first kappa shape index (κ1) is 16.3. The van der Waals surface area contributed by atoms with Gasteiger partial charge in [-0.1, -0.05) is 12.2 Å². The summed E-state index contributed by atoms with van der Waals surface area (Å²) in [6.07, 6.45) is -2.97. The highest BCUT2D eigenvalue weighted by Crippen LogP contribution is 2.01. The van der Waals surface area contributed by atoms with Gasteiger partial charge in [0.05, 0.1) is 0 Å². The second-order valence-electron chi connectivity index (χ2n) is 3.45. The first-order chi connectivity index (χ1) is 8.45. The number of nitrogens with one attached hydrogen (secondary N) is 2. The zero-order chi connectivity index (χ0) is 14.1. The van der Waals surface area contributed by atoms with E-state index < -0.39 is 30.1 Å². The number of carbonyl (C=O) groups excluding carboxylic acids is 2. The fraction of sp³-hybridized carbons (Fsp3) is 0.455. The molecule has 0 aromatic heterocycles. The fourth-order valence-electron chi connectivity index (χ4n) is 1.04. The molecule has 0 fully saturated rings. The van der Waals surface area contributed by atoms with Crippen molar-refractivity contribution in [2.45, 2.75) is 18.3 Å². The number of rotatable bonds is 8. The molecular weight excluding hydrogens is 240 g/mol. The van der Waals surface area contributed by atoms with Gasteiger partial charge in [-0.3, -0.25) is 9.59 Å². The first-order valence-electron chi connectivity index (χ1n) is 5.27. The molecule has 0 aliphatic rings. The molecule has 0 aromatic carbocycles. The molecule has 7 heteroatoms. The molecule has 2 atom stereocenters. The molecule has 0 bridgehead atoms. The van der Waals surface area contributed by atoms with Crippen molar-refractivity contribution in [2.24, 2.45) is 0 Å². The minimum absolute atomic E-state index is 0.0986. The molecule has 7 nitrogen and oxygen atoms in total. The normalized spacial score (nSPS) is 13.6. The van der Waals surface area contributed by atoms with Crippen LogP contribution in [0.15, 0.2) is 25.3 Å². The molecule has 102 valence electrons. The van der Waals surface area contributed by atoms with Gasteiger partial charge in [-0.2, -0.15) is 0 Å². The molecule has 0 aromatic rings. The summed E-state index contributed by atoms with van der Waals surface area (Å²) < 4.78 is 0. The Hall–Kier alpha value is -1.70. The largest absolute Gasteiger partial charge is 0.387 e. The SMILES string of the molecule is C=CCNC(=O)[C@@H](O)C(O)[C@H](O)C(=O)NCC=C. The van der Waals surface area contributed by atoms with E-state index in [1.807, 2.05) is 0 Å². The van der Waals surface area contributed by atoms with Crippen LogP contribution in [-0.2, 0) is 9.59 Å². The average Bonchev–Trinajstić information content (AvgIpc) is 2.39. The number of carbonyl (C=O) groups is 2. The van der Waals surface area contributed by atoms with Crippen molar-refractivity contribution in [3.63, 3.8) is 0 Å². The lowest BCUT2D eigenvalue weighted by Crippen LogP contribution is -2.52. The highest BCUT2D eigenvalue weighted by molar-refractivity contribution is 5.85. The maximum atomic E-state index is 11.3. The van der Waals surface area contributed by atoms with Gasteiger partial charge in [0.25, 0.3) is 11.8 Å². The predicted molar refractivity (Wildman–Crippen MR) is 64.4 cm³/mol. The third-order valence-electron chi connectivity index (χ3n) is 2.03. The van der Waals surface area contributed by atoms with Crippen LogP contribution in [0, 0.1) is 0 Å². The molecule has 0 saturated carbocycles. The van der Waals surface area contributed by atoms with E-state index in [4.69, 9.17) is 0 Å². The van der Waals surface area contributed by atoms with E-state index >= 15 is 0 Å². The summed E-state index contributed by atoms with van der Waals surface area (Å²) in [5.74, 6) is -1.81. The van der Waals surface area contributed by atoms with Gasteiger partial charge in [-0.15, -0.1) is 13.2 Å². The Bertz CT molecular complexity index is 289. The highest BCUT2D eigenvalue weighted by atomic mass is 16.4. The number of hydrogen-bond acceptors (Lipinski definition) is 5. The van der Waals surface area contributed by atoms with Crippen LogP contribution in [-0.4, -0.2) is 58.5 Å². The molecule has 5 N–H and O–H groups in total. The zero-order valence-electron chi connectivity index (χ0n) is 9.87. The van der Waals surface area contributed by atoms with Gasteiger partial charge < -0.3 is 26.0 Å². The second kappa shape index (κ2) is 8.40. The Morgan fingerprint density at radius 3 is 1.56 bits per heavy atom. The average molecular weight is 258 g/mol. The Morgan fingerprint density at radius 1 is 0.944 bits per heavy atom. The van der Waals surface area contributed by atoms with Gasteiger partial charge in [0.2, 0.25) is 0 Å². The summed E-state index contributed by atoms with van der Waals surface area (Å²) in [5.41, 5.74) is 0. The van der Waals surface area contributed by atoms with E-state index in [0.717, 1.165) is 0 Å². The van der Waals surface area contributed by atoms with Gasteiger partial charge in [0.1, 0.15) is 6.10 Å². The van der Waals surface area contributed by atoms with Crippen LogP contribution >= 0.6 is 0 Å². The molecule has 0 saturated heterocycles. The third-order valence-corrected chi connectivity index (χ3v) is 2.03. The van der Waals surface area contributed by atoms with E-state index in [-0.39, 0.29) is 13.1 Å². The Balaban J connectivity index is 4.37. The Morgan fingerprint density at radius 2 is 1.28 bits per heavy atom. The molecule has 0 aliphatic heterocycles. The van der Waals surface area contributed by atoms with Crippen LogP contribution < -0.4 is 10.6 Å². The molecule has 0 aliphatic carbocycles. The smallest absolute Gasteiger partial charge is 0.251 e. The van der Waals surface area contributed by atoms with Gasteiger partial charge in [-0.25, -0.2) is 0 Å². The molecule has 0 spiro atoms. The summed E-state index contributed by atoms with van der Waals surface area (Å²) in [6, 6.07) is 0. The molecule has 0 unspecified atom stereocenters. The quantitative estimate of drug-likeness (QED) is 0.313. The Kier molecular flexibility index (Phi) is 7.61. The molecule has 18 heavy (non-hydrogen) atoms. The van der Waals surface area contributed by atoms with Crippen LogP contribution in [0.4, 0.5) is 0 Å². The minimum Gasteiger partial charge on any atom is -0.387 e. The zero-order valence-corrected chi connectivity index (χ0v) is 9.87. The molecule has 2 amide bonds. The number of aliphatic hydroxyl groups excluding tert-OH is 3. The van der Waals surface area contributed by atoms with Crippen LogP contribution in [0.1, 0.15) is 0 Å². The van der Waals surface area contributed by atoms with E-state index in [1.165, 1.54) is 12.2 Å². The number of amides is 2. The Labute approximate surface area is 105 Å². The van der Waals surface area contributed by atoms with E-state index in [9.17, 15) is 24.9 Å². The lowest BCUT2D eigenvalue weighted by Gasteiger charge is -2.21. The summed E-state index contributed by atoms with van der Waals surface area (Å²) in [7, 11) is 0. The first-order valence-corrected chi connectivity index (χ1v) is 5.27.